The molecule has 7 heteroatoms. The number of hydrogen-bond donors (Lipinski definition) is 0. The van der Waals surface area contributed by atoms with E-state index in [1.54, 1.807) is 35.4 Å². The molecule has 3 aromatic heterocycles. The normalized spacial score (nSPS) is 17.6. The average Bonchev–Trinajstić information content (AvgIpc) is 3.34. The number of likely N-dealkylation sites (tertiary alicyclic amines) is 1. The van der Waals surface area contributed by atoms with Crippen molar-refractivity contribution in [3.63, 3.8) is 0 Å². The Morgan fingerprint density at radius 2 is 2.08 bits per heavy atom. The minimum absolute atomic E-state index is 0.0564. The lowest BCUT2D eigenvalue weighted by Gasteiger charge is -2.24. The lowest BCUT2D eigenvalue weighted by molar-refractivity contribution is 0.217. The summed E-state index contributed by atoms with van der Waals surface area (Å²) in [5, 5.41) is 4.57. The monoisotopic (exact) mass is 350 g/mol. The van der Waals surface area contributed by atoms with Crippen molar-refractivity contribution in [3.8, 4) is 11.3 Å². The van der Waals surface area contributed by atoms with Crippen molar-refractivity contribution in [2.24, 2.45) is 0 Å². The molecule has 1 aliphatic heterocycles. The molecule has 3 aromatic rings. The fraction of sp³-hybridized carbons (Fsp3) is 0.368. The third-order valence-corrected chi connectivity index (χ3v) is 4.91. The predicted molar refractivity (Wildman–Crippen MR) is 98.6 cm³/mol. The van der Waals surface area contributed by atoms with Gasteiger partial charge in [-0.2, -0.15) is 5.10 Å². The Morgan fingerprint density at radius 3 is 2.88 bits per heavy atom. The average molecular weight is 350 g/mol. The largest absolute Gasteiger partial charge is 0.336 e. The lowest BCUT2D eigenvalue weighted by atomic mass is 10.2. The van der Waals surface area contributed by atoms with E-state index >= 15 is 0 Å². The van der Waals surface area contributed by atoms with E-state index in [-0.39, 0.29) is 5.56 Å². The summed E-state index contributed by atoms with van der Waals surface area (Å²) in [5.74, 6) is 0. The number of nitrogens with zero attached hydrogens (tertiary/aromatic N) is 6. The zero-order valence-electron chi connectivity index (χ0n) is 14.6. The molecule has 0 N–H and O–H groups in total. The Hall–Kier alpha value is -2.80. The topological polar surface area (TPSA) is 68.8 Å². The van der Waals surface area contributed by atoms with Crippen molar-refractivity contribution in [2.45, 2.75) is 32.0 Å². The Labute approximate surface area is 151 Å². The van der Waals surface area contributed by atoms with Crippen LogP contribution < -0.4 is 5.56 Å². The highest BCUT2D eigenvalue weighted by Gasteiger charge is 2.25. The molecule has 0 aliphatic carbocycles. The molecule has 1 fully saturated rings. The van der Waals surface area contributed by atoms with Gasteiger partial charge in [0.25, 0.3) is 5.56 Å². The summed E-state index contributed by atoms with van der Waals surface area (Å²) in [6, 6.07) is 7.53. The maximum absolute atomic E-state index is 12.3. The van der Waals surface area contributed by atoms with Gasteiger partial charge in [-0.15, -0.1) is 0 Å². The van der Waals surface area contributed by atoms with Crippen molar-refractivity contribution in [1.29, 1.82) is 0 Å². The molecule has 0 bridgehead atoms. The summed E-state index contributed by atoms with van der Waals surface area (Å²) >= 11 is 0. The standard InChI is InChI=1S/C19H22N6O/c26-19-6-5-18(16-3-1-7-20-13-16)22-25(19)14-17-4-2-9-24(17)12-11-23-10-8-21-15-23/h1,3,5-8,10,13,15,17H,2,4,9,11-12,14H2. The van der Waals surface area contributed by atoms with E-state index in [1.807, 2.05) is 24.7 Å². The van der Waals surface area contributed by atoms with Crippen LogP contribution in [0.5, 0.6) is 0 Å². The second-order valence-electron chi connectivity index (χ2n) is 6.61. The molecule has 1 aliphatic rings. The van der Waals surface area contributed by atoms with Crippen LogP contribution in [0.3, 0.4) is 0 Å². The van der Waals surface area contributed by atoms with E-state index in [2.05, 4.69) is 24.5 Å². The second-order valence-corrected chi connectivity index (χ2v) is 6.61. The van der Waals surface area contributed by atoms with Crippen LogP contribution >= 0.6 is 0 Å². The molecule has 7 nitrogen and oxygen atoms in total. The van der Waals surface area contributed by atoms with Crippen LogP contribution in [0.2, 0.25) is 0 Å². The quantitative estimate of drug-likeness (QED) is 0.676. The predicted octanol–water partition coefficient (Wildman–Crippen LogP) is 1.67. The zero-order valence-corrected chi connectivity index (χ0v) is 14.6. The molecule has 26 heavy (non-hydrogen) atoms. The van der Waals surface area contributed by atoms with Gasteiger partial charge in [-0.05, 0) is 37.6 Å². The molecule has 1 atom stereocenters. The first-order valence-corrected chi connectivity index (χ1v) is 8.98. The first kappa shape index (κ1) is 16.7. The minimum atomic E-state index is -0.0564. The number of pyridine rings is 1. The maximum atomic E-state index is 12.3. The molecule has 134 valence electrons. The fourth-order valence-electron chi connectivity index (χ4n) is 3.51. The van der Waals surface area contributed by atoms with Crippen LogP contribution in [0.15, 0.2) is 60.2 Å². The summed E-state index contributed by atoms with van der Waals surface area (Å²) in [4.78, 5) is 23.0. The highest BCUT2D eigenvalue weighted by atomic mass is 16.1. The molecular formula is C19H22N6O. The van der Waals surface area contributed by atoms with E-state index < -0.39 is 0 Å². The molecule has 0 radical (unpaired) electrons. The summed E-state index contributed by atoms with van der Waals surface area (Å²) < 4.78 is 3.69. The SMILES string of the molecule is O=c1ccc(-c2cccnc2)nn1CC1CCCN1CCn1ccnc1. The molecule has 0 aromatic carbocycles. The molecule has 0 amide bonds. The van der Waals surface area contributed by atoms with Crippen LogP contribution in [0.1, 0.15) is 12.8 Å². The number of rotatable bonds is 6. The van der Waals surface area contributed by atoms with Gasteiger partial charge in [0.05, 0.1) is 18.6 Å². The number of hydrogen-bond acceptors (Lipinski definition) is 5. The van der Waals surface area contributed by atoms with Crippen LogP contribution in [-0.2, 0) is 13.1 Å². The summed E-state index contributed by atoms with van der Waals surface area (Å²) in [6.07, 6.45) is 11.4. The first-order chi connectivity index (χ1) is 12.8. The number of imidazole rings is 1. The van der Waals surface area contributed by atoms with Gasteiger partial charge in [0.15, 0.2) is 0 Å². The molecule has 1 unspecified atom stereocenters. The van der Waals surface area contributed by atoms with Gasteiger partial charge >= 0.3 is 0 Å². The highest BCUT2D eigenvalue weighted by molar-refractivity contribution is 5.56. The third kappa shape index (κ3) is 3.72. The smallest absolute Gasteiger partial charge is 0.266 e. The minimum Gasteiger partial charge on any atom is -0.336 e. The molecule has 4 heterocycles. The van der Waals surface area contributed by atoms with Crippen molar-refractivity contribution < 1.29 is 0 Å². The van der Waals surface area contributed by atoms with E-state index in [1.165, 1.54) is 0 Å². The van der Waals surface area contributed by atoms with Gasteiger partial charge in [0.1, 0.15) is 0 Å². The fourth-order valence-corrected chi connectivity index (χ4v) is 3.51. The lowest BCUT2D eigenvalue weighted by Crippen LogP contribution is -2.38. The zero-order chi connectivity index (χ0) is 17.8. The van der Waals surface area contributed by atoms with E-state index in [9.17, 15) is 4.79 Å². The Morgan fingerprint density at radius 1 is 1.12 bits per heavy atom. The second kappa shape index (κ2) is 7.61. The highest BCUT2D eigenvalue weighted by Crippen LogP contribution is 2.19. The maximum Gasteiger partial charge on any atom is 0.266 e. The molecule has 4 rings (SSSR count). The van der Waals surface area contributed by atoms with Crippen molar-refractivity contribution in [3.05, 3.63) is 65.7 Å². The van der Waals surface area contributed by atoms with Crippen molar-refractivity contribution in [1.82, 2.24) is 29.2 Å². The van der Waals surface area contributed by atoms with Crippen LogP contribution in [0, 0.1) is 0 Å². The van der Waals surface area contributed by atoms with Gasteiger partial charge in [-0.25, -0.2) is 9.67 Å². The van der Waals surface area contributed by atoms with Crippen LogP contribution in [-0.4, -0.2) is 48.3 Å². The van der Waals surface area contributed by atoms with Gasteiger partial charge in [-0.3, -0.25) is 14.7 Å². The van der Waals surface area contributed by atoms with E-state index in [4.69, 9.17) is 0 Å². The Balaban J connectivity index is 1.48. The van der Waals surface area contributed by atoms with Gasteiger partial charge < -0.3 is 4.57 Å². The third-order valence-electron chi connectivity index (χ3n) is 4.91. The van der Waals surface area contributed by atoms with E-state index in [0.717, 1.165) is 43.7 Å². The summed E-state index contributed by atoms with van der Waals surface area (Å²) in [7, 11) is 0. The van der Waals surface area contributed by atoms with Crippen LogP contribution in [0.4, 0.5) is 0 Å². The number of aromatic nitrogens is 5. The van der Waals surface area contributed by atoms with Crippen molar-refractivity contribution >= 4 is 0 Å². The summed E-state index contributed by atoms with van der Waals surface area (Å²) in [6.45, 7) is 3.56. The molecule has 0 spiro atoms. The Kier molecular flexibility index (Phi) is 4.88. The van der Waals surface area contributed by atoms with E-state index in [0.29, 0.717) is 12.6 Å². The van der Waals surface area contributed by atoms with Crippen molar-refractivity contribution in [2.75, 3.05) is 13.1 Å². The Bertz CT molecular complexity index is 890. The van der Waals surface area contributed by atoms with Gasteiger partial charge in [0, 0.05) is 55.5 Å². The molecule has 0 saturated carbocycles. The van der Waals surface area contributed by atoms with Crippen LogP contribution in [0.25, 0.3) is 11.3 Å². The molecule has 1 saturated heterocycles. The van der Waals surface area contributed by atoms with Gasteiger partial charge in [0.2, 0.25) is 0 Å². The molecular weight excluding hydrogens is 328 g/mol. The van der Waals surface area contributed by atoms with Gasteiger partial charge in [-0.1, -0.05) is 0 Å². The summed E-state index contributed by atoms with van der Waals surface area (Å²) in [5.41, 5.74) is 1.64. The first-order valence-electron chi connectivity index (χ1n) is 8.98.